The molecular weight excluding hydrogens is 248 g/mol. The van der Waals surface area contributed by atoms with Gasteiger partial charge in [-0.05, 0) is 37.5 Å². The molecule has 0 bridgehead atoms. The van der Waals surface area contributed by atoms with E-state index in [1.807, 2.05) is 29.3 Å². The quantitative estimate of drug-likeness (QED) is 0.924. The molecule has 2 aromatic rings. The predicted molar refractivity (Wildman–Crippen MR) is 79.7 cm³/mol. The molecule has 2 aliphatic carbocycles. The van der Waals surface area contributed by atoms with E-state index < -0.39 is 0 Å². The summed E-state index contributed by atoms with van der Waals surface area (Å²) in [5.41, 5.74) is 1.09. The summed E-state index contributed by atoms with van der Waals surface area (Å²) in [6, 6.07) is 0.611. The third-order valence-electron chi connectivity index (χ3n) is 5.21. The maximum Gasteiger partial charge on any atom is 0.152 e. The van der Waals surface area contributed by atoms with Crippen molar-refractivity contribution < 1.29 is 0 Å². The van der Waals surface area contributed by atoms with Crippen LogP contribution < -0.4 is 5.32 Å². The summed E-state index contributed by atoms with van der Waals surface area (Å²) in [5, 5.41) is 3.78. The summed E-state index contributed by atoms with van der Waals surface area (Å²) in [6.45, 7) is 0. The lowest BCUT2D eigenvalue weighted by atomic mass is 9.74. The number of hydrogen-bond acceptors (Lipinski definition) is 3. The molecule has 1 unspecified atom stereocenters. The Morgan fingerprint density at radius 2 is 1.85 bits per heavy atom. The van der Waals surface area contributed by atoms with Crippen molar-refractivity contribution in [3.63, 3.8) is 0 Å². The van der Waals surface area contributed by atoms with Crippen molar-refractivity contribution >= 4 is 11.3 Å². The van der Waals surface area contributed by atoms with Crippen molar-refractivity contribution in [3.05, 3.63) is 24.9 Å². The topological polar surface area (TPSA) is 42.2 Å². The van der Waals surface area contributed by atoms with Gasteiger partial charge >= 0.3 is 0 Å². The summed E-state index contributed by atoms with van der Waals surface area (Å²) >= 11 is 0. The maximum absolute atomic E-state index is 4.56. The SMILES string of the molecule is c1cn2cncc2c(NC(C2CCCC2)C2CCC2)n1. The normalized spacial score (nSPS) is 22.0. The van der Waals surface area contributed by atoms with Gasteiger partial charge < -0.3 is 9.72 Å². The van der Waals surface area contributed by atoms with Gasteiger partial charge in [-0.2, -0.15) is 0 Å². The molecule has 2 saturated carbocycles. The summed E-state index contributed by atoms with van der Waals surface area (Å²) in [5.74, 6) is 2.70. The number of nitrogens with zero attached hydrogens (tertiary/aromatic N) is 3. The second-order valence-electron chi connectivity index (χ2n) is 6.37. The molecule has 0 aliphatic heterocycles. The lowest BCUT2D eigenvalue weighted by molar-refractivity contribution is 0.223. The van der Waals surface area contributed by atoms with Crippen LogP contribution >= 0.6 is 0 Å². The molecule has 0 radical (unpaired) electrons. The van der Waals surface area contributed by atoms with E-state index in [4.69, 9.17) is 0 Å². The first-order valence-corrected chi connectivity index (χ1v) is 7.95. The molecule has 0 aromatic carbocycles. The highest BCUT2D eigenvalue weighted by Crippen LogP contribution is 2.40. The van der Waals surface area contributed by atoms with E-state index in [9.17, 15) is 0 Å². The zero-order valence-corrected chi connectivity index (χ0v) is 11.8. The van der Waals surface area contributed by atoms with Crippen LogP contribution in [0.1, 0.15) is 44.9 Å². The largest absolute Gasteiger partial charge is 0.365 e. The number of rotatable bonds is 4. The Bertz CT molecular complexity index is 581. The van der Waals surface area contributed by atoms with Crippen LogP contribution in [0.2, 0.25) is 0 Å². The van der Waals surface area contributed by atoms with Gasteiger partial charge in [-0.25, -0.2) is 9.97 Å². The van der Waals surface area contributed by atoms with Crippen LogP contribution in [0, 0.1) is 11.8 Å². The Balaban J connectivity index is 1.61. The van der Waals surface area contributed by atoms with Crippen molar-refractivity contribution in [1.29, 1.82) is 0 Å². The lowest BCUT2D eigenvalue weighted by Gasteiger charge is -2.38. The molecule has 1 atom stereocenters. The van der Waals surface area contributed by atoms with Gasteiger partial charge in [0.25, 0.3) is 0 Å². The van der Waals surface area contributed by atoms with E-state index in [0.717, 1.165) is 23.2 Å². The molecule has 4 rings (SSSR count). The molecule has 2 fully saturated rings. The van der Waals surface area contributed by atoms with E-state index in [2.05, 4.69) is 15.3 Å². The molecule has 106 valence electrons. The second-order valence-corrected chi connectivity index (χ2v) is 6.37. The Morgan fingerprint density at radius 1 is 1.10 bits per heavy atom. The van der Waals surface area contributed by atoms with Crippen LogP contribution in [0.25, 0.3) is 5.52 Å². The fourth-order valence-corrected chi connectivity index (χ4v) is 3.86. The van der Waals surface area contributed by atoms with Gasteiger partial charge in [0.05, 0.1) is 12.5 Å². The highest BCUT2D eigenvalue weighted by Gasteiger charge is 2.35. The highest BCUT2D eigenvalue weighted by molar-refractivity contribution is 5.66. The number of aromatic nitrogens is 3. The van der Waals surface area contributed by atoms with Crippen LogP contribution in [0.3, 0.4) is 0 Å². The molecular formula is C16H22N4. The van der Waals surface area contributed by atoms with Crippen molar-refractivity contribution in [2.24, 2.45) is 11.8 Å². The molecule has 0 saturated heterocycles. The third kappa shape index (κ3) is 2.07. The fourth-order valence-electron chi connectivity index (χ4n) is 3.86. The molecule has 4 nitrogen and oxygen atoms in total. The molecule has 2 aromatic heterocycles. The van der Waals surface area contributed by atoms with Crippen molar-refractivity contribution in [1.82, 2.24) is 14.4 Å². The minimum absolute atomic E-state index is 0.611. The molecule has 0 amide bonds. The Hall–Kier alpha value is -1.58. The van der Waals surface area contributed by atoms with Crippen LogP contribution in [0.4, 0.5) is 5.82 Å². The van der Waals surface area contributed by atoms with E-state index in [1.165, 1.54) is 44.9 Å². The summed E-state index contributed by atoms with van der Waals surface area (Å²) in [7, 11) is 0. The highest BCUT2D eigenvalue weighted by atomic mass is 15.1. The van der Waals surface area contributed by atoms with Gasteiger partial charge in [-0.15, -0.1) is 0 Å². The van der Waals surface area contributed by atoms with Gasteiger partial charge in [-0.1, -0.05) is 19.3 Å². The number of imidazole rings is 1. The number of fused-ring (bicyclic) bond motifs is 1. The monoisotopic (exact) mass is 270 g/mol. The number of hydrogen-bond donors (Lipinski definition) is 1. The lowest BCUT2D eigenvalue weighted by Crippen LogP contribution is -2.39. The van der Waals surface area contributed by atoms with Gasteiger partial charge in [0.2, 0.25) is 0 Å². The van der Waals surface area contributed by atoms with Crippen LogP contribution in [0.15, 0.2) is 24.9 Å². The molecule has 1 N–H and O–H groups in total. The Labute approximate surface area is 119 Å². The molecule has 2 aliphatic rings. The summed E-state index contributed by atoms with van der Waals surface area (Å²) in [4.78, 5) is 8.79. The molecule has 4 heteroatoms. The molecule has 20 heavy (non-hydrogen) atoms. The first-order valence-electron chi connectivity index (χ1n) is 7.95. The predicted octanol–water partition coefficient (Wildman–Crippen LogP) is 3.50. The number of anilines is 1. The van der Waals surface area contributed by atoms with E-state index in [-0.39, 0.29) is 0 Å². The average Bonchev–Trinajstić information content (AvgIpc) is 3.07. The Morgan fingerprint density at radius 3 is 2.55 bits per heavy atom. The maximum atomic E-state index is 4.56. The number of nitrogens with one attached hydrogen (secondary N) is 1. The third-order valence-corrected chi connectivity index (χ3v) is 5.21. The van der Waals surface area contributed by atoms with Crippen molar-refractivity contribution in [2.75, 3.05) is 5.32 Å². The zero-order chi connectivity index (χ0) is 13.4. The minimum Gasteiger partial charge on any atom is -0.365 e. The van der Waals surface area contributed by atoms with Gasteiger partial charge in [0.1, 0.15) is 5.52 Å². The summed E-state index contributed by atoms with van der Waals surface area (Å²) < 4.78 is 2.04. The molecule has 0 spiro atoms. The van der Waals surface area contributed by atoms with E-state index in [1.54, 1.807) is 0 Å². The van der Waals surface area contributed by atoms with Gasteiger partial charge in [0, 0.05) is 18.4 Å². The first kappa shape index (κ1) is 12.2. The van der Waals surface area contributed by atoms with Gasteiger partial charge in [0.15, 0.2) is 5.82 Å². The van der Waals surface area contributed by atoms with Crippen LogP contribution in [-0.2, 0) is 0 Å². The van der Waals surface area contributed by atoms with Crippen LogP contribution in [0.5, 0.6) is 0 Å². The standard InChI is InChI=1S/C16H22N4/c1-2-5-12(4-1)15(13-6-3-7-13)19-16-14-10-17-11-20(14)9-8-18-16/h8-13,15H,1-7H2,(H,18,19). The average molecular weight is 270 g/mol. The molecule has 2 heterocycles. The first-order chi connectivity index (χ1) is 9.92. The zero-order valence-electron chi connectivity index (χ0n) is 11.8. The van der Waals surface area contributed by atoms with Crippen molar-refractivity contribution in [2.45, 2.75) is 51.0 Å². The fraction of sp³-hybridized carbons (Fsp3) is 0.625. The van der Waals surface area contributed by atoms with E-state index in [0.29, 0.717) is 6.04 Å². The van der Waals surface area contributed by atoms with Crippen LogP contribution in [-0.4, -0.2) is 20.4 Å². The van der Waals surface area contributed by atoms with E-state index >= 15 is 0 Å². The minimum atomic E-state index is 0.611. The Kier molecular flexibility index (Phi) is 3.09. The van der Waals surface area contributed by atoms with Crippen molar-refractivity contribution in [3.8, 4) is 0 Å². The second kappa shape index (κ2) is 5.08. The van der Waals surface area contributed by atoms with Gasteiger partial charge in [-0.3, -0.25) is 0 Å². The smallest absolute Gasteiger partial charge is 0.152 e. The summed E-state index contributed by atoms with van der Waals surface area (Å²) in [6.07, 6.45) is 17.3.